The first-order valence-corrected chi connectivity index (χ1v) is 6.80. The van der Waals surface area contributed by atoms with Crippen molar-refractivity contribution in [2.24, 2.45) is 5.92 Å². The average molecular weight is 246 g/mol. The van der Waals surface area contributed by atoms with Crippen LogP contribution in [0.3, 0.4) is 0 Å². The minimum Gasteiger partial charge on any atom is -0.316 e. The highest BCUT2D eigenvalue weighted by molar-refractivity contribution is 5.21. The van der Waals surface area contributed by atoms with Crippen LogP contribution in [0.4, 0.5) is 0 Å². The first-order valence-electron chi connectivity index (χ1n) is 6.80. The summed E-state index contributed by atoms with van der Waals surface area (Å²) in [6.45, 7) is 3.67. The molecule has 1 heterocycles. The van der Waals surface area contributed by atoms with Gasteiger partial charge in [-0.15, -0.1) is 6.58 Å². The van der Waals surface area contributed by atoms with E-state index in [1.807, 2.05) is 12.3 Å². The molecule has 2 N–H and O–H groups in total. The van der Waals surface area contributed by atoms with Gasteiger partial charge in [0.05, 0.1) is 6.04 Å². The maximum Gasteiger partial charge on any atom is 0.0762 e. The maximum atomic E-state index is 8.96. The predicted molar refractivity (Wildman–Crippen MR) is 72.4 cm³/mol. The summed E-state index contributed by atoms with van der Waals surface area (Å²) in [5.41, 5.74) is 4.31. The Morgan fingerprint density at radius 1 is 1.39 bits per heavy atom. The molecule has 0 amide bonds. The molecule has 3 nitrogen and oxygen atoms in total. The van der Waals surface area contributed by atoms with Gasteiger partial charge in [0, 0.05) is 11.9 Å². The average Bonchev–Trinajstić information content (AvgIpc) is 2.43. The van der Waals surface area contributed by atoms with Crippen molar-refractivity contribution in [1.29, 1.82) is 0 Å². The summed E-state index contributed by atoms with van der Waals surface area (Å²) >= 11 is 0. The van der Waals surface area contributed by atoms with Crippen LogP contribution in [0, 0.1) is 5.92 Å². The number of nitrogens with one attached hydrogen (secondary N) is 1. The number of aromatic nitrogens is 1. The van der Waals surface area contributed by atoms with E-state index in [0.29, 0.717) is 0 Å². The molecule has 1 aliphatic carbocycles. The molecule has 3 heteroatoms. The van der Waals surface area contributed by atoms with E-state index >= 15 is 0 Å². The molecule has 1 aromatic heterocycles. The number of hydrogen-bond acceptors (Lipinski definition) is 3. The Labute approximate surface area is 109 Å². The van der Waals surface area contributed by atoms with E-state index in [9.17, 15) is 0 Å². The van der Waals surface area contributed by atoms with Crippen LogP contribution in [-0.4, -0.2) is 10.2 Å². The quantitative estimate of drug-likeness (QED) is 0.618. The van der Waals surface area contributed by atoms with Gasteiger partial charge in [0.15, 0.2) is 0 Å². The normalized spacial score (nSPS) is 18.5. The number of nitrogens with zero attached hydrogens (tertiary/aromatic N) is 1. The Bertz CT molecular complexity index is 369. The van der Waals surface area contributed by atoms with Gasteiger partial charge in [0.25, 0.3) is 0 Å². The van der Waals surface area contributed by atoms with Gasteiger partial charge >= 0.3 is 0 Å². The van der Waals surface area contributed by atoms with E-state index in [2.05, 4.69) is 23.1 Å². The molecule has 0 saturated heterocycles. The van der Waals surface area contributed by atoms with Crippen LogP contribution in [-0.2, 0) is 6.42 Å². The van der Waals surface area contributed by atoms with Gasteiger partial charge in [-0.3, -0.25) is 4.98 Å². The van der Waals surface area contributed by atoms with Crippen molar-refractivity contribution in [3.8, 4) is 0 Å². The van der Waals surface area contributed by atoms with Gasteiger partial charge in [0.1, 0.15) is 0 Å². The molecular weight excluding hydrogens is 224 g/mol. The van der Waals surface area contributed by atoms with Gasteiger partial charge < -0.3 is 5.21 Å². The third-order valence-corrected chi connectivity index (χ3v) is 3.80. The minimum atomic E-state index is -0.235. The smallest absolute Gasteiger partial charge is 0.0762 e. The summed E-state index contributed by atoms with van der Waals surface area (Å²) in [5.74, 6) is 0.809. The van der Waals surface area contributed by atoms with Crippen LogP contribution in [0.5, 0.6) is 0 Å². The Morgan fingerprint density at radius 3 is 2.72 bits per heavy atom. The SMILES string of the molecule is C=CC(NO)c1ccc(CC2CCCCC2)nc1. The fraction of sp³-hybridized carbons (Fsp3) is 0.533. The van der Waals surface area contributed by atoms with Crippen LogP contribution < -0.4 is 5.48 Å². The first kappa shape index (κ1) is 13.2. The highest BCUT2D eigenvalue weighted by Crippen LogP contribution is 2.26. The molecule has 0 aromatic carbocycles. The second-order valence-electron chi connectivity index (χ2n) is 5.13. The molecule has 0 aliphatic heterocycles. The van der Waals surface area contributed by atoms with E-state index in [1.165, 1.54) is 32.1 Å². The van der Waals surface area contributed by atoms with Crippen LogP contribution >= 0.6 is 0 Å². The van der Waals surface area contributed by atoms with Gasteiger partial charge in [-0.05, 0) is 24.0 Å². The molecule has 1 unspecified atom stereocenters. The maximum absolute atomic E-state index is 8.96. The van der Waals surface area contributed by atoms with Crippen molar-refractivity contribution in [3.05, 3.63) is 42.2 Å². The van der Waals surface area contributed by atoms with Gasteiger partial charge in [-0.1, -0.05) is 44.2 Å². The van der Waals surface area contributed by atoms with Crippen LogP contribution in [0.15, 0.2) is 31.0 Å². The fourth-order valence-electron chi connectivity index (χ4n) is 2.69. The van der Waals surface area contributed by atoms with Crippen molar-refractivity contribution < 1.29 is 5.21 Å². The van der Waals surface area contributed by atoms with Crippen LogP contribution in [0.1, 0.15) is 49.4 Å². The zero-order valence-electron chi connectivity index (χ0n) is 10.8. The number of hydroxylamine groups is 1. The third kappa shape index (κ3) is 3.40. The van der Waals surface area contributed by atoms with E-state index in [0.717, 1.165) is 23.6 Å². The molecule has 1 aliphatic rings. The van der Waals surface area contributed by atoms with Crippen molar-refractivity contribution in [1.82, 2.24) is 10.5 Å². The lowest BCUT2D eigenvalue weighted by atomic mass is 9.86. The van der Waals surface area contributed by atoms with Gasteiger partial charge in [0.2, 0.25) is 0 Å². The molecule has 18 heavy (non-hydrogen) atoms. The summed E-state index contributed by atoms with van der Waals surface area (Å²) in [5, 5.41) is 8.96. The summed E-state index contributed by atoms with van der Waals surface area (Å²) in [4.78, 5) is 4.49. The van der Waals surface area contributed by atoms with E-state index < -0.39 is 0 Å². The topological polar surface area (TPSA) is 45.1 Å². The van der Waals surface area contributed by atoms with E-state index in [1.54, 1.807) is 6.08 Å². The molecule has 1 saturated carbocycles. The van der Waals surface area contributed by atoms with E-state index in [-0.39, 0.29) is 6.04 Å². The lowest BCUT2D eigenvalue weighted by Gasteiger charge is -2.21. The second kappa shape index (κ2) is 6.66. The Kier molecular flexibility index (Phi) is 4.90. The van der Waals surface area contributed by atoms with Crippen molar-refractivity contribution in [2.45, 2.75) is 44.6 Å². The third-order valence-electron chi connectivity index (χ3n) is 3.80. The molecule has 1 aromatic rings. The number of hydrogen-bond donors (Lipinski definition) is 2. The molecule has 1 fully saturated rings. The largest absolute Gasteiger partial charge is 0.316 e. The standard InChI is InChI=1S/C15H22N2O/c1-2-15(17-18)13-8-9-14(16-11-13)10-12-6-4-3-5-7-12/h2,8-9,11-12,15,17-18H,1,3-7,10H2. The fourth-order valence-corrected chi connectivity index (χ4v) is 2.69. The monoisotopic (exact) mass is 246 g/mol. The van der Waals surface area contributed by atoms with Gasteiger partial charge in [-0.2, -0.15) is 5.48 Å². The first-order chi connectivity index (χ1) is 8.83. The number of pyridine rings is 1. The summed E-state index contributed by atoms with van der Waals surface area (Å²) in [6.07, 6.45) is 11.4. The van der Waals surface area contributed by atoms with E-state index in [4.69, 9.17) is 5.21 Å². The highest BCUT2D eigenvalue weighted by Gasteiger charge is 2.14. The predicted octanol–water partition coefficient (Wildman–Crippen LogP) is 3.41. The van der Waals surface area contributed by atoms with Crippen molar-refractivity contribution in [2.75, 3.05) is 0 Å². The highest BCUT2D eigenvalue weighted by atomic mass is 16.5. The zero-order chi connectivity index (χ0) is 12.8. The van der Waals surface area contributed by atoms with Crippen molar-refractivity contribution >= 4 is 0 Å². The van der Waals surface area contributed by atoms with Crippen LogP contribution in [0.2, 0.25) is 0 Å². The summed E-state index contributed by atoms with van der Waals surface area (Å²) in [6, 6.07) is 3.85. The molecule has 0 bridgehead atoms. The molecule has 1 atom stereocenters. The molecule has 98 valence electrons. The zero-order valence-corrected chi connectivity index (χ0v) is 10.8. The molecule has 0 spiro atoms. The second-order valence-corrected chi connectivity index (χ2v) is 5.13. The summed E-state index contributed by atoms with van der Waals surface area (Å²) < 4.78 is 0. The van der Waals surface area contributed by atoms with Gasteiger partial charge in [-0.25, -0.2) is 0 Å². The molecule has 2 rings (SSSR count). The minimum absolute atomic E-state index is 0.235. The molecule has 0 radical (unpaired) electrons. The Morgan fingerprint density at radius 2 is 2.17 bits per heavy atom. The van der Waals surface area contributed by atoms with Crippen LogP contribution in [0.25, 0.3) is 0 Å². The Hall–Kier alpha value is -1.19. The lowest BCUT2D eigenvalue weighted by Crippen LogP contribution is -2.15. The molecular formula is C15H22N2O. The van der Waals surface area contributed by atoms with Crippen molar-refractivity contribution in [3.63, 3.8) is 0 Å². The Balaban J connectivity index is 1.96. The summed E-state index contributed by atoms with van der Waals surface area (Å²) in [7, 11) is 0. The number of rotatable bonds is 5. The lowest BCUT2D eigenvalue weighted by molar-refractivity contribution is 0.144.